The molecule has 2 aromatic rings. The van der Waals surface area contributed by atoms with Crippen molar-refractivity contribution >= 4 is 5.97 Å². The molecule has 2 aromatic carbocycles. The molecule has 0 bridgehead atoms. The fourth-order valence-corrected chi connectivity index (χ4v) is 3.61. The zero-order valence-corrected chi connectivity index (χ0v) is 16.8. The number of benzene rings is 2. The van der Waals surface area contributed by atoms with Crippen LogP contribution < -0.4 is 4.74 Å². The van der Waals surface area contributed by atoms with Gasteiger partial charge >= 0.3 is 5.97 Å². The topological polar surface area (TPSA) is 44.8 Å². The van der Waals surface area contributed by atoms with Crippen molar-refractivity contribution in [2.45, 2.75) is 33.8 Å². The summed E-state index contributed by atoms with van der Waals surface area (Å²) < 4.78 is 17.0. The maximum atomic E-state index is 12.2. The summed E-state index contributed by atoms with van der Waals surface area (Å²) in [6.07, 6.45) is 2.58. The molecule has 0 unspecified atom stereocenters. The Balaban J connectivity index is 0.00000300. The molecular weight excluding hydrogens is 364 g/mol. The molecule has 3 atom stereocenters. The summed E-state index contributed by atoms with van der Waals surface area (Å²) in [6, 6.07) is 18.3. The van der Waals surface area contributed by atoms with E-state index in [0.717, 1.165) is 17.7 Å². The number of methoxy groups -OCH3 is 1. The average Bonchev–Trinajstić information content (AvgIpc) is 3.14. The molecule has 29 heavy (non-hydrogen) atoms. The van der Waals surface area contributed by atoms with Crippen molar-refractivity contribution in [2.24, 2.45) is 11.8 Å². The van der Waals surface area contributed by atoms with Crippen molar-refractivity contribution in [2.75, 3.05) is 20.3 Å². The van der Waals surface area contributed by atoms with Crippen LogP contribution in [0.5, 0.6) is 5.75 Å². The van der Waals surface area contributed by atoms with E-state index in [1.807, 2.05) is 37.3 Å². The van der Waals surface area contributed by atoms with Gasteiger partial charge in [0.05, 0.1) is 26.4 Å². The van der Waals surface area contributed by atoms with E-state index in [1.165, 1.54) is 5.56 Å². The van der Waals surface area contributed by atoms with Gasteiger partial charge in [0, 0.05) is 11.5 Å². The maximum Gasteiger partial charge on any atom is 0.333 e. The molecule has 0 radical (unpaired) electrons. The molecule has 156 valence electrons. The molecule has 1 saturated heterocycles. The second-order valence-electron chi connectivity index (χ2n) is 7.21. The number of carbonyl (C=O) groups is 1. The van der Waals surface area contributed by atoms with E-state index in [1.54, 1.807) is 20.1 Å². The van der Waals surface area contributed by atoms with Gasteiger partial charge in [-0.25, -0.2) is 4.79 Å². The molecule has 4 heteroatoms. The lowest BCUT2D eigenvalue weighted by Gasteiger charge is -2.23. The highest BCUT2D eigenvalue weighted by molar-refractivity contribution is 5.87. The van der Waals surface area contributed by atoms with E-state index in [2.05, 4.69) is 24.3 Å². The van der Waals surface area contributed by atoms with E-state index in [4.69, 9.17) is 14.2 Å². The Morgan fingerprint density at radius 1 is 1.14 bits per heavy atom. The summed E-state index contributed by atoms with van der Waals surface area (Å²) in [7, 11) is 1.67. The summed E-state index contributed by atoms with van der Waals surface area (Å²) >= 11 is 0. The maximum absolute atomic E-state index is 12.2. The number of hydrogen-bond donors (Lipinski definition) is 0. The van der Waals surface area contributed by atoms with E-state index in [-0.39, 0.29) is 31.3 Å². The van der Waals surface area contributed by atoms with Gasteiger partial charge in [0.15, 0.2) is 0 Å². The highest BCUT2D eigenvalue weighted by Gasteiger charge is 2.39. The first-order valence-electron chi connectivity index (χ1n) is 9.72. The first kappa shape index (κ1) is 22.7. The van der Waals surface area contributed by atoms with E-state index in [0.29, 0.717) is 18.8 Å². The van der Waals surface area contributed by atoms with Crippen LogP contribution in [0.1, 0.15) is 38.5 Å². The minimum atomic E-state index is -0.260. The van der Waals surface area contributed by atoms with Gasteiger partial charge in [0.2, 0.25) is 0 Å². The molecule has 4 nitrogen and oxygen atoms in total. The van der Waals surface area contributed by atoms with Crippen molar-refractivity contribution in [3.05, 3.63) is 77.4 Å². The lowest BCUT2D eigenvalue weighted by Crippen LogP contribution is -2.24. The number of rotatable bonds is 7. The van der Waals surface area contributed by atoms with E-state index >= 15 is 0 Å². The number of esters is 1. The third kappa shape index (κ3) is 5.70. The third-order valence-electron chi connectivity index (χ3n) is 5.43. The Kier molecular flexibility index (Phi) is 8.47. The molecule has 1 aliphatic rings. The number of carbonyl (C=O) groups excluding carboxylic acids is 1. The highest BCUT2D eigenvalue weighted by atomic mass is 16.5. The number of hydrogen-bond acceptors (Lipinski definition) is 4. The van der Waals surface area contributed by atoms with Crippen molar-refractivity contribution < 1.29 is 19.0 Å². The standard InChI is InChI=1S/C24H28O4.CH4/c1-4-17(2)24(25)28-16-22-20(14-18-10-12-21(26-3)13-11-18)15-27-23(22)19-8-6-5-7-9-19;/h4-13,20,22-23H,14-16H2,1-3H3;1H4/b17-4-;/t20-,22-,23+;/m0./s1. The minimum Gasteiger partial charge on any atom is -0.497 e. The average molecular weight is 397 g/mol. The Labute approximate surface area is 174 Å². The van der Waals surface area contributed by atoms with Crippen LogP contribution in [0.4, 0.5) is 0 Å². The predicted molar refractivity (Wildman–Crippen MR) is 116 cm³/mol. The Morgan fingerprint density at radius 3 is 2.45 bits per heavy atom. The van der Waals surface area contributed by atoms with Gasteiger partial charge < -0.3 is 14.2 Å². The SMILES string of the molecule is C.C/C=C(/C)C(=O)OC[C@H]1[C@@H](Cc2ccc(OC)cc2)CO[C@@H]1c1ccccc1. The molecule has 1 heterocycles. The fraction of sp³-hybridized carbons (Fsp3) is 0.400. The van der Waals surface area contributed by atoms with Gasteiger partial charge in [-0.1, -0.05) is 56.0 Å². The van der Waals surface area contributed by atoms with Crippen molar-refractivity contribution in [3.8, 4) is 5.75 Å². The van der Waals surface area contributed by atoms with Crippen LogP contribution in [-0.2, 0) is 20.7 Å². The quantitative estimate of drug-likeness (QED) is 0.465. The molecule has 0 N–H and O–H groups in total. The van der Waals surface area contributed by atoms with Gasteiger partial charge in [0.25, 0.3) is 0 Å². The van der Waals surface area contributed by atoms with Gasteiger partial charge in [0.1, 0.15) is 5.75 Å². The van der Waals surface area contributed by atoms with Crippen LogP contribution in [0.25, 0.3) is 0 Å². The summed E-state index contributed by atoms with van der Waals surface area (Å²) in [5.74, 6) is 0.973. The third-order valence-corrected chi connectivity index (χ3v) is 5.43. The zero-order valence-electron chi connectivity index (χ0n) is 16.8. The fourth-order valence-electron chi connectivity index (χ4n) is 3.61. The molecule has 3 rings (SSSR count). The lowest BCUT2D eigenvalue weighted by molar-refractivity contribution is -0.141. The summed E-state index contributed by atoms with van der Waals surface area (Å²) in [5.41, 5.74) is 2.98. The van der Waals surface area contributed by atoms with Crippen LogP contribution in [-0.4, -0.2) is 26.3 Å². The van der Waals surface area contributed by atoms with Crippen molar-refractivity contribution in [1.82, 2.24) is 0 Å². The highest BCUT2D eigenvalue weighted by Crippen LogP contribution is 2.40. The van der Waals surface area contributed by atoms with Crippen LogP contribution in [0.3, 0.4) is 0 Å². The van der Waals surface area contributed by atoms with E-state index < -0.39 is 0 Å². The normalized spacial score (nSPS) is 21.3. The monoisotopic (exact) mass is 396 g/mol. The van der Waals surface area contributed by atoms with Gasteiger partial charge in [-0.05, 0) is 49.4 Å². The van der Waals surface area contributed by atoms with Gasteiger partial charge in [-0.2, -0.15) is 0 Å². The molecule has 0 amide bonds. The summed E-state index contributed by atoms with van der Waals surface area (Å²) in [4.78, 5) is 12.2. The predicted octanol–water partition coefficient (Wildman–Crippen LogP) is 5.39. The van der Waals surface area contributed by atoms with Crippen LogP contribution in [0.2, 0.25) is 0 Å². The molecule has 1 fully saturated rings. The molecular formula is C25H32O4. The van der Waals surface area contributed by atoms with Crippen LogP contribution >= 0.6 is 0 Å². The smallest absolute Gasteiger partial charge is 0.333 e. The second-order valence-corrected chi connectivity index (χ2v) is 7.21. The second kappa shape index (κ2) is 10.8. The Morgan fingerprint density at radius 2 is 1.83 bits per heavy atom. The Hall–Kier alpha value is -2.59. The summed E-state index contributed by atoms with van der Waals surface area (Å²) in [6.45, 7) is 4.62. The van der Waals surface area contributed by atoms with Gasteiger partial charge in [-0.3, -0.25) is 0 Å². The molecule has 0 saturated carbocycles. The van der Waals surface area contributed by atoms with E-state index in [9.17, 15) is 4.79 Å². The van der Waals surface area contributed by atoms with Crippen molar-refractivity contribution in [3.63, 3.8) is 0 Å². The Bertz CT molecular complexity index is 795. The molecule has 1 aliphatic heterocycles. The molecule has 0 spiro atoms. The molecule has 0 aromatic heterocycles. The summed E-state index contributed by atoms with van der Waals surface area (Å²) in [5, 5.41) is 0. The zero-order chi connectivity index (χ0) is 19.9. The number of ether oxygens (including phenoxy) is 3. The first-order chi connectivity index (χ1) is 13.6. The number of allylic oxidation sites excluding steroid dienone is 1. The minimum absolute atomic E-state index is 0. The van der Waals surface area contributed by atoms with Gasteiger partial charge in [-0.15, -0.1) is 0 Å². The first-order valence-corrected chi connectivity index (χ1v) is 9.72. The van der Waals surface area contributed by atoms with Crippen molar-refractivity contribution in [1.29, 1.82) is 0 Å². The largest absolute Gasteiger partial charge is 0.497 e. The lowest BCUT2D eigenvalue weighted by atomic mass is 9.84. The molecule has 0 aliphatic carbocycles. The van der Waals surface area contributed by atoms with Crippen LogP contribution in [0, 0.1) is 11.8 Å². The van der Waals surface area contributed by atoms with Crippen LogP contribution in [0.15, 0.2) is 66.2 Å².